The number of ether oxygens (including phenoxy) is 3. The second-order valence-electron chi connectivity index (χ2n) is 9.25. The van der Waals surface area contributed by atoms with Gasteiger partial charge in [-0.1, -0.05) is 12.8 Å². The topological polar surface area (TPSA) is 139 Å². The van der Waals surface area contributed by atoms with Crippen molar-refractivity contribution in [3.05, 3.63) is 0 Å². The van der Waals surface area contributed by atoms with Crippen molar-refractivity contribution in [1.29, 1.82) is 0 Å². The summed E-state index contributed by atoms with van der Waals surface area (Å²) < 4.78 is 99.6. The van der Waals surface area contributed by atoms with Crippen LogP contribution in [-0.2, 0) is 33.9 Å². The summed E-state index contributed by atoms with van der Waals surface area (Å²) in [5.74, 6) is -8.06. The molecule has 6 unspecified atom stereocenters. The fourth-order valence-electron chi connectivity index (χ4n) is 6.09. The summed E-state index contributed by atoms with van der Waals surface area (Å²) in [6.07, 6.45) is 0.0968. The quantitative estimate of drug-likeness (QED) is 0.279. The molecule has 3 saturated carbocycles. The zero-order valence-electron chi connectivity index (χ0n) is 17.3. The normalized spacial score (nSPS) is 35.2. The van der Waals surface area contributed by atoms with Gasteiger partial charge in [-0.2, -0.15) is 17.6 Å². The first-order chi connectivity index (χ1) is 15.2. The Morgan fingerprint density at radius 2 is 1.85 bits per heavy atom. The summed E-state index contributed by atoms with van der Waals surface area (Å²) in [5.41, 5.74) is -1.03. The van der Waals surface area contributed by atoms with Crippen molar-refractivity contribution < 1.29 is 59.4 Å². The van der Waals surface area contributed by atoms with Gasteiger partial charge < -0.3 is 23.9 Å². The molecule has 4 aliphatic rings. The van der Waals surface area contributed by atoms with E-state index in [9.17, 15) is 45.2 Å². The van der Waals surface area contributed by atoms with E-state index in [2.05, 4.69) is 4.74 Å². The highest BCUT2D eigenvalue weighted by Crippen LogP contribution is 2.63. The Labute approximate surface area is 186 Å². The van der Waals surface area contributed by atoms with Crippen LogP contribution in [0.1, 0.15) is 38.5 Å². The van der Waals surface area contributed by atoms with E-state index in [1.165, 1.54) is 0 Å². The Kier molecular flexibility index (Phi) is 5.98. The van der Waals surface area contributed by atoms with Crippen LogP contribution in [-0.4, -0.2) is 72.2 Å². The molecule has 3 aliphatic carbocycles. The number of hydrogen-bond acceptors (Lipinski definition) is 9. The lowest BCUT2D eigenvalue weighted by Gasteiger charge is -2.40. The van der Waals surface area contributed by atoms with E-state index >= 15 is 0 Å². The Morgan fingerprint density at radius 3 is 2.45 bits per heavy atom. The van der Waals surface area contributed by atoms with Crippen molar-refractivity contribution in [3.8, 4) is 0 Å². The van der Waals surface area contributed by atoms with Gasteiger partial charge in [-0.15, -0.1) is 0 Å². The molecular weight excluding hydrogens is 480 g/mol. The molecule has 14 heteroatoms. The molecule has 9 nitrogen and oxygen atoms in total. The number of halogens is 4. The van der Waals surface area contributed by atoms with Crippen molar-refractivity contribution >= 4 is 22.1 Å². The molecule has 0 amide bonds. The second kappa shape index (κ2) is 8.02. The number of carbonyl (C=O) groups is 2. The van der Waals surface area contributed by atoms with Crippen LogP contribution in [0, 0.1) is 23.7 Å². The first-order valence-electron chi connectivity index (χ1n) is 10.6. The monoisotopic (exact) mass is 503 g/mol. The summed E-state index contributed by atoms with van der Waals surface area (Å²) in [6, 6.07) is 0. The minimum absolute atomic E-state index is 0.159. The molecule has 1 heterocycles. The molecule has 0 radical (unpaired) electrons. The van der Waals surface area contributed by atoms with Gasteiger partial charge in [0, 0.05) is 11.8 Å². The minimum Gasteiger partial charge on any atom is -0.743 e. The van der Waals surface area contributed by atoms with Crippen LogP contribution in [0.2, 0.25) is 0 Å². The number of carbonyl (C=O) groups excluding carboxylic acids is 2. The Balaban J connectivity index is 1.32. The minimum atomic E-state index is -6.62. The standard InChI is InChI=1S/C19H24F4O9S/c20-18(21,19(22,23)33(27,28)29)5-6-30-11(24)8-31-14-10-7-9-12(16(25)32-15(9)14)13(10)17(26)3-1-2-4-17/h9-10,12-15,26H,1-8H2,(H,27,28,29)/p-1. The van der Waals surface area contributed by atoms with Crippen LogP contribution in [0.15, 0.2) is 0 Å². The summed E-state index contributed by atoms with van der Waals surface area (Å²) in [5, 5.41) is 5.25. The number of rotatable bonds is 9. The molecule has 0 aromatic heterocycles. The zero-order chi connectivity index (χ0) is 24.4. The second-order valence-corrected chi connectivity index (χ2v) is 10.7. The summed E-state index contributed by atoms with van der Waals surface area (Å²) >= 11 is 0. The fourth-order valence-corrected chi connectivity index (χ4v) is 6.56. The first kappa shape index (κ1) is 24.6. The molecule has 33 heavy (non-hydrogen) atoms. The van der Waals surface area contributed by atoms with E-state index in [4.69, 9.17) is 9.47 Å². The molecule has 1 saturated heterocycles. The van der Waals surface area contributed by atoms with E-state index in [-0.39, 0.29) is 17.8 Å². The van der Waals surface area contributed by atoms with Crippen LogP contribution >= 0.6 is 0 Å². The molecule has 0 aromatic carbocycles. The maximum absolute atomic E-state index is 13.4. The van der Waals surface area contributed by atoms with Gasteiger partial charge in [0.05, 0.1) is 30.7 Å². The molecule has 0 spiro atoms. The molecule has 1 aliphatic heterocycles. The highest BCUT2D eigenvalue weighted by Gasteiger charge is 2.71. The van der Waals surface area contributed by atoms with E-state index in [1.54, 1.807) is 0 Å². The lowest BCUT2D eigenvalue weighted by molar-refractivity contribution is -0.178. The Hall–Kier alpha value is -1.51. The average molecular weight is 503 g/mol. The van der Waals surface area contributed by atoms with Crippen molar-refractivity contribution in [3.63, 3.8) is 0 Å². The molecule has 1 N–H and O–H groups in total. The third kappa shape index (κ3) is 3.92. The lowest BCUT2D eigenvalue weighted by Crippen LogP contribution is -2.49. The van der Waals surface area contributed by atoms with Crippen LogP contribution in [0.3, 0.4) is 0 Å². The van der Waals surface area contributed by atoms with Gasteiger partial charge in [-0.05, 0) is 25.2 Å². The van der Waals surface area contributed by atoms with Crippen LogP contribution < -0.4 is 0 Å². The number of hydrogen-bond donors (Lipinski definition) is 1. The highest BCUT2D eigenvalue weighted by molar-refractivity contribution is 7.86. The third-order valence-electron chi connectivity index (χ3n) is 7.45. The number of alkyl halides is 4. The van der Waals surface area contributed by atoms with Gasteiger partial charge in [0.25, 0.3) is 0 Å². The lowest BCUT2D eigenvalue weighted by atomic mass is 9.68. The largest absolute Gasteiger partial charge is 0.743 e. The zero-order valence-corrected chi connectivity index (χ0v) is 18.1. The van der Waals surface area contributed by atoms with E-state index < -0.39 is 76.6 Å². The van der Waals surface area contributed by atoms with Gasteiger partial charge in [-0.25, -0.2) is 13.2 Å². The fraction of sp³-hybridized carbons (Fsp3) is 0.895. The van der Waals surface area contributed by atoms with Crippen molar-refractivity contribution in [2.24, 2.45) is 23.7 Å². The van der Waals surface area contributed by atoms with E-state index in [0.29, 0.717) is 19.3 Å². The van der Waals surface area contributed by atoms with Crippen LogP contribution in [0.25, 0.3) is 0 Å². The van der Waals surface area contributed by atoms with Crippen LogP contribution in [0.5, 0.6) is 0 Å². The predicted molar refractivity (Wildman–Crippen MR) is 96.8 cm³/mol. The van der Waals surface area contributed by atoms with E-state index in [0.717, 1.165) is 12.8 Å². The van der Waals surface area contributed by atoms with Gasteiger partial charge in [0.1, 0.15) is 12.7 Å². The van der Waals surface area contributed by atoms with Crippen molar-refractivity contribution in [2.75, 3.05) is 13.2 Å². The van der Waals surface area contributed by atoms with Crippen molar-refractivity contribution in [2.45, 2.75) is 67.5 Å². The molecule has 0 aromatic rings. The summed E-state index contributed by atoms with van der Waals surface area (Å²) in [7, 11) is -6.62. The smallest absolute Gasteiger partial charge is 0.396 e. The molecule has 4 rings (SSSR count). The molecule has 2 bridgehead atoms. The van der Waals surface area contributed by atoms with Crippen molar-refractivity contribution in [1.82, 2.24) is 0 Å². The van der Waals surface area contributed by atoms with Crippen LogP contribution in [0.4, 0.5) is 17.6 Å². The number of fused-ring (bicyclic) bond motifs is 1. The number of aliphatic hydroxyl groups is 1. The Bertz CT molecular complexity index is 918. The summed E-state index contributed by atoms with van der Waals surface area (Å²) in [6.45, 7) is -2.03. The highest BCUT2D eigenvalue weighted by atomic mass is 32.2. The van der Waals surface area contributed by atoms with Gasteiger partial charge in [0.15, 0.2) is 10.1 Å². The van der Waals surface area contributed by atoms with Gasteiger partial charge in [-0.3, -0.25) is 4.79 Å². The molecule has 4 fully saturated rings. The molecule has 6 atom stereocenters. The average Bonchev–Trinajstić information content (AvgIpc) is 3.42. The third-order valence-corrected chi connectivity index (χ3v) is 8.37. The molecule has 188 valence electrons. The first-order valence-corrected chi connectivity index (χ1v) is 12.0. The maximum Gasteiger partial charge on any atom is 0.396 e. The predicted octanol–water partition coefficient (Wildman–Crippen LogP) is 1.19. The SMILES string of the molecule is O=C(COC1C2CC3C1OC(=O)C3C2C1(O)CCCC1)OCCC(F)(F)C(F)(F)S(=O)(=O)[O-]. The van der Waals surface area contributed by atoms with Gasteiger partial charge >= 0.3 is 23.1 Å². The molecular formula is C19H23F4O9S-. The number of esters is 2. The summed E-state index contributed by atoms with van der Waals surface area (Å²) in [4.78, 5) is 24.3. The maximum atomic E-state index is 13.4. The van der Waals surface area contributed by atoms with E-state index in [1.807, 2.05) is 0 Å². The van der Waals surface area contributed by atoms with Gasteiger partial charge in [0.2, 0.25) is 0 Å². The Morgan fingerprint density at radius 1 is 1.21 bits per heavy atom.